The molecule has 0 bridgehead atoms. The van der Waals surface area contributed by atoms with E-state index in [1.807, 2.05) is 5.32 Å². The molecule has 132 valence electrons. The summed E-state index contributed by atoms with van der Waals surface area (Å²) in [7, 11) is -4.27. The fraction of sp³-hybridized carbons (Fsp3) is 0.400. The van der Waals surface area contributed by atoms with Gasteiger partial charge in [0.25, 0.3) is 15.9 Å². The molecule has 1 aromatic carbocycles. The molecule has 0 unspecified atom stereocenters. The number of rotatable bonds is 3. The smallest absolute Gasteiger partial charge is 0.371 e. The molecule has 0 saturated heterocycles. The number of sulfonamides is 1. The van der Waals surface area contributed by atoms with Crippen LogP contribution >= 0.6 is 0 Å². The normalized spacial score (nSPS) is 18.2. The molecule has 1 amide bonds. The predicted octanol–water partition coefficient (Wildman–Crippen LogP) is 2.48. The van der Waals surface area contributed by atoms with E-state index in [9.17, 15) is 26.4 Å². The van der Waals surface area contributed by atoms with Gasteiger partial charge in [-0.05, 0) is 26.3 Å². The molecule has 1 aliphatic heterocycles. The van der Waals surface area contributed by atoms with Crippen LogP contribution in [0.1, 0.15) is 26.3 Å². The van der Waals surface area contributed by atoms with E-state index in [0.717, 1.165) is 0 Å². The van der Waals surface area contributed by atoms with Crippen LogP contribution in [0.15, 0.2) is 36.0 Å². The highest BCUT2D eigenvalue weighted by Gasteiger charge is 2.49. The zero-order valence-corrected chi connectivity index (χ0v) is 14.1. The minimum Gasteiger partial charge on any atom is -0.371 e. The summed E-state index contributed by atoms with van der Waals surface area (Å²) in [5.74, 6) is -0.995. The number of carbonyl (C=O) groups excluding carboxylic acids is 1. The summed E-state index contributed by atoms with van der Waals surface area (Å²) in [6, 6.07) is 7.59. The first-order valence-corrected chi connectivity index (χ1v) is 8.50. The van der Waals surface area contributed by atoms with E-state index < -0.39 is 44.8 Å². The lowest BCUT2D eigenvalue weighted by Gasteiger charge is -2.30. The van der Waals surface area contributed by atoms with E-state index in [2.05, 4.69) is 0 Å². The van der Waals surface area contributed by atoms with E-state index in [1.165, 1.54) is 32.9 Å². The quantitative estimate of drug-likeness (QED) is 0.897. The van der Waals surface area contributed by atoms with Gasteiger partial charge in [-0.3, -0.25) is 4.79 Å². The van der Waals surface area contributed by atoms with Crippen molar-refractivity contribution in [1.29, 1.82) is 0 Å². The van der Waals surface area contributed by atoms with Gasteiger partial charge in [-0.15, -0.1) is 0 Å². The maximum Gasteiger partial charge on any atom is 0.405 e. The minimum atomic E-state index is -4.59. The Morgan fingerprint density at radius 2 is 1.62 bits per heavy atom. The topological polar surface area (TPSA) is 66.5 Å². The van der Waals surface area contributed by atoms with E-state index >= 15 is 0 Å². The third kappa shape index (κ3) is 3.40. The van der Waals surface area contributed by atoms with Gasteiger partial charge in [0, 0.05) is 0 Å². The SMILES string of the molecule is CC(C)(C)N1C(=O)C(NCC(F)(F)F)=C(c2ccccc2)S1(=O)=O. The molecule has 1 aromatic rings. The largest absolute Gasteiger partial charge is 0.405 e. The second-order valence-corrected chi connectivity index (χ2v) is 8.01. The Hall–Kier alpha value is -2.03. The number of nitrogens with one attached hydrogen (secondary N) is 1. The van der Waals surface area contributed by atoms with Crippen LogP contribution in [0, 0.1) is 0 Å². The van der Waals surface area contributed by atoms with E-state index in [4.69, 9.17) is 0 Å². The molecule has 0 saturated carbocycles. The van der Waals surface area contributed by atoms with Gasteiger partial charge in [-0.1, -0.05) is 30.3 Å². The molecule has 0 aromatic heterocycles. The van der Waals surface area contributed by atoms with Gasteiger partial charge in [-0.2, -0.15) is 13.2 Å². The number of hydrogen-bond acceptors (Lipinski definition) is 4. The van der Waals surface area contributed by atoms with Crippen LogP contribution in [-0.2, 0) is 14.8 Å². The summed E-state index contributed by atoms with van der Waals surface area (Å²) < 4.78 is 63.8. The summed E-state index contributed by atoms with van der Waals surface area (Å²) in [6.45, 7) is 2.99. The number of alkyl halides is 3. The second-order valence-electron chi connectivity index (χ2n) is 6.28. The van der Waals surface area contributed by atoms with Gasteiger partial charge in [0.05, 0.1) is 5.54 Å². The summed E-state index contributed by atoms with van der Waals surface area (Å²) in [5, 5.41) is 1.96. The molecular weight excluding hydrogens is 345 g/mol. The third-order valence-electron chi connectivity index (χ3n) is 3.23. The lowest BCUT2D eigenvalue weighted by atomic mass is 10.1. The molecule has 1 heterocycles. The molecule has 0 aliphatic carbocycles. The first kappa shape index (κ1) is 18.3. The minimum absolute atomic E-state index is 0.155. The molecule has 0 atom stereocenters. The fourth-order valence-corrected chi connectivity index (χ4v) is 4.49. The first-order valence-electron chi connectivity index (χ1n) is 7.06. The molecule has 1 N–H and O–H groups in total. The fourth-order valence-electron chi connectivity index (χ4n) is 2.42. The summed E-state index contributed by atoms with van der Waals surface area (Å²) in [6.07, 6.45) is -4.59. The van der Waals surface area contributed by atoms with Gasteiger partial charge < -0.3 is 5.32 Å². The Labute approximate surface area is 138 Å². The van der Waals surface area contributed by atoms with E-state index in [0.29, 0.717) is 4.31 Å². The van der Waals surface area contributed by atoms with Crippen molar-refractivity contribution in [3.05, 3.63) is 41.6 Å². The Balaban J connectivity index is 2.63. The van der Waals surface area contributed by atoms with E-state index in [1.54, 1.807) is 18.2 Å². The molecule has 24 heavy (non-hydrogen) atoms. The van der Waals surface area contributed by atoms with Crippen molar-refractivity contribution in [2.75, 3.05) is 6.54 Å². The first-order chi connectivity index (χ1) is 10.9. The lowest BCUT2D eigenvalue weighted by Crippen LogP contribution is -2.47. The third-order valence-corrected chi connectivity index (χ3v) is 5.38. The zero-order valence-electron chi connectivity index (χ0n) is 13.3. The Morgan fingerprint density at radius 3 is 2.08 bits per heavy atom. The van der Waals surface area contributed by atoms with Crippen molar-refractivity contribution in [2.24, 2.45) is 0 Å². The van der Waals surface area contributed by atoms with Crippen LogP contribution in [0.3, 0.4) is 0 Å². The predicted molar refractivity (Wildman–Crippen MR) is 82.9 cm³/mol. The van der Waals surface area contributed by atoms with E-state index in [-0.39, 0.29) is 5.56 Å². The van der Waals surface area contributed by atoms with Gasteiger partial charge in [0.2, 0.25) is 0 Å². The average Bonchev–Trinajstić information content (AvgIpc) is 2.61. The van der Waals surface area contributed by atoms with Crippen molar-refractivity contribution in [1.82, 2.24) is 9.62 Å². The average molecular weight is 362 g/mol. The Kier molecular flexibility index (Phi) is 4.43. The van der Waals surface area contributed by atoms with Crippen molar-refractivity contribution < 1.29 is 26.4 Å². The second kappa shape index (κ2) is 5.80. The highest BCUT2D eigenvalue weighted by molar-refractivity contribution is 7.99. The molecule has 1 aliphatic rings. The summed E-state index contributed by atoms with van der Waals surface area (Å²) in [4.78, 5) is 12.1. The monoisotopic (exact) mass is 362 g/mol. The number of nitrogens with zero attached hydrogens (tertiary/aromatic N) is 1. The number of amides is 1. The highest BCUT2D eigenvalue weighted by Crippen LogP contribution is 2.38. The maximum atomic E-state index is 12.8. The number of halogens is 3. The van der Waals surface area contributed by atoms with Gasteiger partial charge in [-0.25, -0.2) is 12.7 Å². The van der Waals surface area contributed by atoms with Crippen molar-refractivity contribution >= 4 is 20.8 Å². The zero-order chi connectivity index (χ0) is 18.3. The molecule has 2 rings (SSSR count). The molecule has 0 spiro atoms. The molecule has 5 nitrogen and oxygen atoms in total. The van der Waals surface area contributed by atoms with Crippen molar-refractivity contribution in [2.45, 2.75) is 32.5 Å². The van der Waals surface area contributed by atoms with Gasteiger partial charge in [0.15, 0.2) is 0 Å². The number of benzene rings is 1. The van der Waals surface area contributed by atoms with Crippen LogP contribution in [0.5, 0.6) is 0 Å². The summed E-state index contributed by atoms with van der Waals surface area (Å²) >= 11 is 0. The van der Waals surface area contributed by atoms with Crippen LogP contribution < -0.4 is 5.32 Å². The van der Waals surface area contributed by atoms with Crippen molar-refractivity contribution in [3.8, 4) is 0 Å². The van der Waals surface area contributed by atoms with Crippen molar-refractivity contribution in [3.63, 3.8) is 0 Å². The number of carbonyl (C=O) groups is 1. The Morgan fingerprint density at radius 1 is 1.08 bits per heavy atom. The summed E-state index contributed by atoms with van der Waals surface area (Å²) in [5.41, 5.74) is -1.52. The van der Waals surface area contributed by atoms with Crippen LogP contribution in [0.25, 0.3) is 4.91 Å². The number of hydrogen-bond donors (Lipinski definition) is 1. The maximum absolute atomic E-state index is 12.8. The standard InChI is InChI=1S/C15H17F3N2O3S/c1-14(2,3)20-13(21)11(19-9-15(16,17)18)12(24(20,22)23)10-7-5-4-6-8-10/h4-8,19H,9H2,1-3H3. The van der Waals surface area contributed by atoms with Crippen LogP contribution in [0.2, 0.25) is 0 Å². The molecule has 0 radical (unpaired) electrons. The van der Waals surface area contributed by atoms with Crippen LogP contribution in [-0.4, -0.2) is 36.9 Å². The molecular formula is C15H17F3N2O3S. The van der Waals surface area contributed by atoms with Gasteiger partial charge in [0.1, 0.15) is 17.1 Å². The molecule has 0 fully saturated rings. The highest BCUT2D eigenvalue weighted by atomic mass is 32.2. The Bertz CT molecular complexity index is 778. The molecule has 9 heteroatoms. The van der Waals surface area contributed by atoms with Gasteiger partial charge >= 0.3 is 6.18 Å². The van der Waals surface area contributed by atoms with Crippen LogP contribution in [0.4, 0.5) is 13.2 Å². The lowest BCUT2D eigenvalue weighted by molar-refractivity contribution is -0.128.